The molecule has 176 valence electrons. The summed E-state index contributed by atoms with van der Waals surface area (Å²) in [5.41, 5.74) is 10.4. The Morgan fingerprint density at radius 1 is 1.03 bits per heavy atom. The van der Waals surface area contributed by atoms with Crippen molar-refractivity contribution in [3.63, 3.8) is 0 Å². The van der Waals surface area contributed by atoms with Gasteiger partial charge in [0.15, 0.2) is 0 Å². The van der Waals surface area contributed by atoms with Gasteiger partial charge >= 0.3 is 5.97 Å². The van der Waals surface area contributed by atoms with Crippen LogP contribution in [0.3, 0.4) is 0 Å². The lowest BCUT2D eigenvalue weighted by Gasteiger charge is -2.09. The molecule has 0 radical (unpaired) electrons. The monoisotopic (exact) mass is 442 g/mol. The molecule has 2 aromatic rings. The molecule has 0 aromatic heterocycles. The Balaban J connectivity index is 0.000000561. The molecule has 0 unspecified atom stereocenters. The van der Waals surface area contributed by atoms with Crippen LogP contribution in [0.1, 0.15) is 56.4 Å². The highest BCUT2D eigenvalue weighted by atomic mass is 16.5. The highest BCUT2D eigenvalue weighted by Gasteiger charge is 2.04. The molecular formula is C25H38N4O3. The average Bonchev–Trinajstić information content (AvgIpc) is 2.78. The maximum Gasteiger partial charge on any atom is 0.325 e. The highest BCUT2D eigenvalue weighted by molar-refractivity contribution is 5.97. The van der Waals surface area contributed by atoms with E-state index in [1.54, 1.807) is 13.0 Å². The largest absolute Gasteiger partial charge is 0.493 e. The number of methoxy groups -OCH3 is 1. The van der Waals surface area contributed by atoms with Gasteiger partial charge in [0, 0.05) is 17.0 Å². The number of amidine groups is 1. The van der Waals surface area contributed by atoms with Gasteiger partial charge in [0.05, 0.1) is 13.7 Å². The first kappa shape index (κ1) is 28.6. The minimum Gasteiger partial charge on any atom is -0.493 e. The molecule has 2 rings (SSSR count). The summed E-state index contributed by atoms with van der Waals surface area (Å²) in [4.78, 5) is 11.0. The maximum atomic E-state index is 11.0. The second-order valence-electron chi connectivity index (χ2n) is 6.83. The van der Waals surface area contributed by atoms with Crippen LogP contribution in [0.15, 0.2) is 36.4 Å². The second kappa shape index (κ2) is 15.5. The number of anilines is 1. The van der Waals surface area contributed by atoms with E-state index in [4.69, 9.17) is 21.3 Å². The summed E-state index contributed by atoms with van der Waals surface area (Å²) in [6, 6.07) is 11.2. The van der Waals surface area contributed by atoms with Crippen LogP contribution >= 0.6 is 0 Å². The fourth-order valence-electron chi connectivity index (χ4n) is 2.53. The predicted octanol–water partition coefficient (Wildman–Crippen LogP) is 5.06. The van der Waals surface area contributed by atoms with Crippen LogP contribution in [-0.4, -0.2) is 37.8 Å². The number of hydrogen-bond acceptors (Lipinski definition) is 6. The molecule has 0 aliphatic carbocycles. The molecule has 7 nitrogen and oxygen atoms in total. The zero-order valence-corrected chi connectivity index (χ0v) is 20.4. The van der Waals surface area contributed by atoms with E-state index in [0.717, 1.165) is 46.7 Å². The Morgan fingerprint density at radius 2 is 1.62 bits per heavy atom. The lowest BCUT2D eigenvalue weighted by atomic mass is 10.1. The first-order chi connectivity index (χ1) is 15.2. The molecule has 0 spiro atoms. The molecule has 0 bridgehead atoms. The van der Waals surface area contributed by atoms with E-state index < -0.39 is 0 Å². The van der Waals surface area contributed by atoms with Gasteiger partial charge in [-0.1, -0.05) is 26.8 Å². The van der Waals surface area contributed by atoms with E-state index in [1.807, 2.05) is 58.0 Å². The van der Waals surface area contributed by atoms with Crippen molar-refractivity contribution in [1.82, 2.24) is 0 Å². The molecule has 5 N–H and O–H groups in total. The summed E-state index contributed by atoms with van der Waals surface area (Å²) >= 11 is 0. The zero-order chi connectivity index (χ0) is 24.7. The van der Waals surface area contributed by atoms with E-state index in [1.165, 1.54) is 7.11 Å². The number of esters is 1. The highest BCUT2D eigenvalue weighted by Crippen LogP contribution is 2.19. The van der Waals surface area contributed by atoms with Crippen LogP contribution in [0.4, 0.5) is 5.69 Å². The van der Waals surface area contributed by atoms with E-state index in [0.29, 0.717) is 5.71 Å². The molecule has 0 fully saturated rings. The fourth-order valence-corrected chi connectivity index (χ4v) is 2.53. The van der Waals surface area contributed by atoms with Gasteiger partial charge in [-0.05, 0) is 74.2 Å². The van der Waals surface area contributed by atoms with Crippen LogP contribution in [0.5, 0.6) is 5.75 Å². The number of nitrogen functional groups attached to an aromatic ring is 1. The SMILES string of the molecule is CC.CCCOc1ccc(C(=N)N)cc1C.COC(=O)CNc1ccc(C(C)=N)cc1C. The molecule has 0 amide bonds. The zero-order valence-electron chi connectivity index (χ0n) is 20.4. The fraction of sp³-hybridized carbons (Fsp3) is 0.400. The second-order valence-corrected chi connectivity index (χ2v) is 6.83. The predicted molar refractivity (Wildman–Crippen MR) is 134 cm³/mol. The average molecular weight is 443 g/mol. The first-order valence-corrected chi connectivity index (χ1v) is 10.7. The standard InChI is InChI=1S/C12H16N2O2.C11H16N2O.C2H6/c1-8-6-10(9(2)13)4-5-11(8)14-7-12(15)16-3;1-3-6-14-10-5-4-9(11(12)13)7-8(10)2;1-2/h4-6,13-14H,7H2,1-3H3;4-5,7H,3,6H2,1-2H3,(H3,12,13);1-2H3. The molecule has 0 aliphatic heterocycles. The van der Waals surface area contributed by atoms with Gasteiger partial charge in [-0.3, -0.25) is 10.2 Å². The van der Waals surface area contributed by atoms with Crippen molar-refractivity contribution in [2.24, 2.45) is 5.73 Å². The third kappa shape index (κ3) is 10.1. The Bertz CT molecular complexity index is 895. The summed E-state index contributed by atoms with van der Waals surface area (Å²) in [5, 5.41) is 17.8. The van der Waals surface area contributed by atoms with Crippen molar-refractivity contribution < 1.29 is 14.3 Å². The quantitative estimate of drug-likeness (QED) is 0.259. The molecule has 0 saturated heterocycles. The molecule has 0 aliphatic rings. The summed E-state index contributed by atoms with van der Waals surface area (Å²) < 4.78 is 10.0. The number of rotatable bonds is 8. The molecule has 0 atom stereocenters. The van der Waals surface area contributed by atoms with E-state index in [-0.39, 0.29) is 18.3 Å². The maximum absolute atomic E-state index is 11.0. The number of benzene rings is 2. The summed E-state index contributed by atoms with van der Waals surface area (Å²) in [6.45, 7) is 12.6. The molecule has 0 heterocycles. The molecule has 7 heteroatoms. The smallest absolute Gasteiger partial charge is 0.325 e. The number of carbonyl (C=O) groups excluding carboxylic acids is 1. The van der Waals surface area contributed by atoms with Crippen LogP contribution in [0.2, 0.25) is 0 Å². The Morgan fingerprint density at radius 3 is 2.09 bits per heavy atom. The van der Waals surface area contributed by atoms with E-state index >= 15 is 0 Å². The topological polar surface area (TPSA) is 121 Å². The van der Waals surface area contributed by atoms with Gasteiger partial charge in [-0.2, -0.15) is 0 Å². The third-order valence-corrected chi connectivity index (χ3v) is 4.26. The van der Waals surface area contributed by atoms with Crippen LogP contribution < -0.4 is 15.8 Å². The number of aryl methyl sites for hydroxylation is 2. The van der Waals surface area contributed by atoms with Crippen molar-refractivity contribution >= 4 is 23.2 Å². The lowest BCUT2D eigenvalue weighted by Crippen LogP contribution is -2.15. The van der Waals surface area contributed by atoms with Gasteiger partial charge in [0.2, 0.25) is 0 Å². The van der Waals surface area contributed by atoms with Gasteiger partial charge in [0.1, 0.15) is 18.1 Å². The van der Waals surface area contributed by atoms with E-state index in [2.05, 4.69) is 17.0 Å². The Kier molecular flexibility index (Phi) is 13.8. The van der Waals surface area contributed by atoms with Crippen LogP contribution in [-0.2, 0) is 9.53 Å². The molecule has 32 heavy (non-hydrogen) atoms. The number of carbonyl (C=O) groups is 1. The molecule has 2 aromatic carbocycles. The lowest BCUT2D eigenvalue weighted by molar-refractivity contribution is -0.138. The van der Waals surface area contributed by atoms with Crippen LogP contribution in [0, 0.1) is 24.7 Å². The Hall–Kier alpha value is -3.35. The van der Waals surface area contributed by atoms with Crippen molar-refractivity contribution in [3.8, 4) is 5.75 Å². The summed E-state index contributed by atoms with van der Waals surface area (Å²) in [7, 11) is 1.36. The number of hydrogen-bond donors (Lipinski definition) is 4. The number of nitrogens with two attached hydrogens (primary N) is 1. The van der Waals surface area contributed by atoms with Crippen molar-refractivity contribution in [2.75, 3.05) is 25.6 Å². The van der Waals surface area contributed by atoms with Crippen molar-refractivity contribution in [2.45, 2.75) is 48.0 Å². The number of ether oxygens (including phenoxy) is 2. The molecular weight excluding hydrogens is 404 g/mol. The van der Waals surface area contributed by atoms with Gasteiger partial charge in [-0.15, -0.1) is 0 Å². The van der Waals surface area contributed by atoms with Gasteiger partial charge in [0.25, 0.3) is 0 Å². The number of nitrogens with one attached hydrogen (secondary N) is 3. The van der Waals surface area contributed by atoms with Gasteiger partial charge < -0.3 is 25.9 Å². The van der Waals surface area contributed by atoms with Gasteiger partial charge in [-0.25, -0.2) is 0 Å². The molecule has 0 saturated carbocycles. The minimum absolute atomic E-state index is 0.0927. The minimum atomic E-state index is -0.299. The van der Waals surface area contributed by atoms with Crippen molar-refractivity contribution in [1.29, 1.82) is 10.8 Å². The third-order valence-electron chi connectivity index (χ3n) is 4.26. The normalized spacial score (nSPS) is 9.34. The van der Waals surface area contributed by atoms with Crippen LogP contribution in [0.25, 0.3) is 0 Å². The Labute approximate surface area is 192 Å². The van der Waals surface area contributed by atoms with Crippen molar-refractivity contribution in [3.05, 3.63) is 58.7 Å². The van der Waals surface area contributed by atoms with E-state index in [9.17, 15) is 4.79 Å². The first-order valence-electron chi connectivity index (χ1n) is 10.7. The summed E-state index contributed by atoms with van der Waals surface area (Å²) in [5.74, 6) is 0.665. The summed E-state index contributed by atoms with van der Waals surface area (Å²) in [6.07, 6.45) is 0.994.